The molecule has 0 saturated heterocycles. The Bertz CT molecular complexity index is 598. The minimum Gasteiger partial charge on any atom is -0.344 e. The molecule has 2 nitrogen and oxygen atoms in total. The molecule has 1 aromatic carbocycles. The molecule has 1 aromatic heterocycles. The van der Waals surface area contributed by atoms with E-state index in [0.29, 0.717) is 18.0 Å². The predicted molar refractivity (Wildman–Crippen MR) is 63.2 cm³/mol. The van der Waals surface area contributed by atoms with Crippen molar-refractivity contribution in [3.8, 4) is 0 Å². The molecule has 0 aliphatic carbocycles. The number of halogens is 3. The first kappa shape index (κ1) is 11.6. The monoisotopic (exact) mass is 254 g/mol. The molecule has 0 spiro atoms. The molecule has 1 aliphatic rings. The van der Waals surface area contributed by atoms with Crippen molar-refractivity contribution >= 4 is 10.9 Å². The van der Waals surface area contributed by atoms with Crippen molar-refractivity contribution in [1.29, 1.82) is 0 Å². The molecule has 2 aromatic rings. The largest absolute Gasteiger partial charge is 0.416 e. The van der Waals surface area contributed by atoms with E-state index < -0.39 is 11.7 Å². The lowest BCUT2D eigenvalue weighted by atomic mass is 10.1. The van der Waals surface area contributed by atoms with E-state index in [9.17, 15) is 13.2 Å². The summed E-state index contributed by atoms with van der Waals surface area (Å²) in [5.41, 5.74) is 6.78. The highest BCUT2D eigenvalue weighted by Gasteiger charge is 2.31. The van der Waals surface area contributed by atoms with Crippen LogP contribution >= 0.6 is 0 Å². The summed E-state index contributed by atoms with van der Waals surface area (Å²) in [6.07, 6.45) is -3.43. The summed E-state index contributed by atoms with van der Waals surface area (Å²) in [7, 11) is 0. The van der Waals surface area contributed by atoms with E-state index in [2.05, 4.69) is 0 Å². The first-order chi connectivity index (χ1) is 8.49. The number of nitrogens with two attached hydrogens (primary N) is 1. The lowest BCUT2D eigenvalue weighted by Gasteiger charge is -2.09. The van der Waals surface area contributed by atoms with E-state index in [1.807, 2.05) is 10.6 Å². The van der Waals surface area contributed by atoms with Gasteiger partial charge in [-0.1, -0.05) is 6.07 Å². The predicted octanol–water partition coefficient (Wildman–Crippen LogP) is 2.79. The minimum atomic E-state index is -4.29. The Kier molecular flexibility index (Phi) is 2.41. The molecule has 0 fully saturated rings. The molecule has 18 heavy (non-hydrogen) atoms. The highest BCUT2D eigenvalue weighted by molar-refractivity contribution is 5.82. The van der Waals surface area contributed by atoms with Crippen LogP contribution in [0, 0.1) is 5.92 Å². The minimum absolute atomic E-state index is 0.346. The first-order valence-electron chi connectivity index (χ1n) is 5.88. The van der Waals surface area contributed by atoms with E-state index in [1.54, 1.807) is 6.07 Å². The summed E-state index contributed by atoms with van der Waals surface area (Å²) in [4.78, 5) is 0. The smallest absolute Gasteiger partial charge is 0.344 e. The van der Waals surface area contributed by atoms with Crippen molar-refractivity contribution in [2.75, 3.05) is 6.54 Å². The standard InChI is InChI=1S/C13H13F3N2/c14-13(15,16)10-2-1-9-4-11-3-8(6-17)7-18(11)12(9)5-10/h1-2,4-5,8H,3,6-7,17H2. The number of nitrogens with zero attached hydrogens (tertiary/aromatic N) is 1. The Labute approximate surface area is 102 Å². The van der Waals surface area contributed by atoms with Crippen LogP contribution in [0.5, 0.6) is 0 Å². The van der Waals surface area contributed by atoms with Gasteiger partial charge in [-0.05, 0) is 42.5 Å². The molecule has 0 radical (unpaired) electrons. The summed E-state index contributed by atoms with van der Waals surface area (Å²) < 4.78 is 40.0. The lowest BCUT2D eigenvalue weighted by molar-refractivity contribution is -0.137. The van der Waals surface area contributed by atoms with Gasteiger partial charge in [0, 0.05) is 17.8 Å². The highest BCUT2D eigenvalue weighted by Crippen LogP contribution is 2.34. The van der Waals surface area contributed by atoms with E-state index in [4.69, 9.17) is 5.73 Å². The Morgan fingerprint density at radius 3 is 2.72 bits per heavy atom. The number of fused-ring (bicyclic) bond motifs is 3. The normalized spacial score (nSPS) is 19.4. The molecule has 1 unspecified atom stereocenters. The number of rotatable bonds is 1. The Morgan fingerprint density at radius 2 is 2.06 bits per heavy atom. The van der Waals surface area contributed by atoms with Gasteiger partial charge in [0.2, 0.25) is 0 Å². The molecule has 0 amide bonds. The van der Waals surface area contributed by atoms with E-state index in [1.165, 1.54) is 6.07 Å². The second kappa shape index (κ2) is 3.75. The third kappa shape index (κ3) is 1.70. The molecule has 3 rings (SSSR count). The number of benzene rings is 1. The maximum atomic E-state index is 12.7. The zero-order chi connectivity index (χ0) is 12.9. The number of hydrogen-bond donors (Lipinski definition) is 1. The van der Waals surface area contributed by atoms with Crippen molar-refractivity contribution in [3.63, 3.8) is 0 Å². The summed E-state index contributed by atoms with van der Waals surface area (Å²) in [6, 6.07) is 5.88. The molecule has 96 valence electrons. The van der Waals surface area contributed by atoms with Crippen molar-refractivity contribution in [3.05, 3.63) is 35.5 Å². The SMILES string of the molecule is NCC1Cc2cc3ccc(C(F)(F)F)cc3n2C1. The fourth-order valence-corrected chi connectivity index (χ4v) is 2.65. The average Bonchev–Trinajstić information content (AvgIpc) is 2.83. The van der Waals surface area contributed by atoms with Gasteiger partial charge < -0.3 is 10.3 Å². The highest BCUT2D eigenvalue weighted by atomic mass is 19.4. The molecule has 5 heteroatoms. The zero-order valence-electron chi connectivity index (χ0n) is 9.67. The Hall–Kier alpha value is -1.49. The molecule has 2 heterocycles. The Balaban J connectivity index is 2.12. The average molecular weight is 254 g/mol. The molecule has 1 atom stereocenters. The van der Waals surface area contributed by atoms with Gasteiger partial charge >= 0.3 is 6.18 Å². The topological polar surface area (TPSA) is 30.9 Å². The van der Waals surface area contributed by atoms with Gasteiger partial charge in [0.05, 0.1) is 5.56 Å². The maximum Gasteiger partial charge on any atom is 0.416 e. The van der Waals surface area contributed by atoms with Gasteiger partial charge in [0.15, 0.2) is 0 Å². The summed E-state index contributed by atoms with van der Waals surface area (Å²) in [6.45, 7) is 1.29. The fourth-order valence-electron chi connectivity index (χ4n) is 2.65. The van der Waals surface area contributed by atoms with Crippen LogP contribution in [0.1, 0.15) is 11.3 Å². The summed E-state index contributed by atoms with van der Waals surface area (Å²) in [5.74, 6) is 0.346. The van der Waals surface area contributed by atoms with Crippen LogP contribution in [0.15, 0.2) is 24.3 Å². The molecule has 1 aliphatic heterocycles. The van der Waals surface area contributed by atoms with Crippen LogP contribution < -0.4 is 5.73 Å². The second-order valence-electron chi connectivity index (χ2n) is 4.82. The number of aromatic nitrogens is 1. The Morgan fingerprint density at radius 1 is 1.28 bits per heavy atom. The van der Waals surface area contributed by atoms with Crippen LogP contribution in [0.3, 0.4) is 0 Å². The van der Waals surface area contributed by atoms with Crippen LogP contribution in [0.2, 0.25) is 0 Å². The molecule has 2 N–H and O–H groups in total. The molecule has 0 saturated carbocycles. The van der Waals surface area contributed by atoms with Gasteiger partial charge in [-0.2, -0.15) is 13.2 Å². The van der Waals surface area contributed by atoms with Gasteiger partial charge in [-0.25, -0.2) is 0 Å². The van der Waals surface area contributed by atoms with Crippen molar-refractivity contribution in [2.24, 2.45) is 11.7 Å². The second-order valence-corrected chi connectivity index (χ2v) is 4.82. The van der Waals surface area contributed by atoms with E-state index in [0.717, 1.165) is 30.1 Å². The van der Waals surface area contributed by atoms with E-state index in [-0.39, 0.29) is 0 Å². The van der Waals surface area contributed by atoms with Crippen LogP contribution in [-0.2, 0) is 19.1 Å². The first-order valence-corrected chi connectivity index (χ1v) is 5.88. The zero-order valence-corrected chi connectivity index (χ0v) is 9.67. The molecule has 0 bridgehead atoms. The molecular weight excluding hydrogens is 241 g/mol. The third-order valence-corrected chi connectivity index (χ3v) is 3.59. The quantitative estimate of drug-likeness (QED) is 0.833. The number of alkyl halides is 3. The van der Waals surface area contributed by atoms with Crippen molar-refractivity contribution in [1.82, 2.24) is 4.57 Å². The number of hydrogen-bond acceptors (Lipinski definition) is 1. The van der Waals surface area contributed by atoms with E-state index >= 15 is 0 Å². The van der Waals surface area contributed by atoms with Gasteiger partial charge in [0.25, 0.3) is 0 Å². The van der Waals surface area contributed by atoms with Crippen LogP contribution in [-0.4, -0.2) is 11.1 Å². The van der Waals surface area contributed by atoms with Gasteiger partial charge in [-0.3, -0.25) is 0 Å². The van der Waals surface area contributed by atoms with Gasteiger partial charge in [-0.15, -0.1) is 0 Å². The maximum absolute atomic E-state index is 12.7. The molecular formula is C13H13F3N2. The van der Waals surface area contributed by atoms with Crippen LogP contribution in [0.25, 0.3) is 10.9 Å². The van der Waals surface area contributed by atoms with Crippen LogP contribution in [0.4, 0.5) is 13.2 Å². The van der Waals surface area contributed by atoms with Gasteiger partial charge in [0.1, 0.15) is 0 Å². The summed E-state index contributed by atoms with van der Waals surface area (Å²) in [5, 5.41) is 0.869. The van der Waals surface area contributed by atoms with Crippen molar-refractivity contribution in [2.45, 2.75) is 19.1 Å². The summed E-state index contributed by atoms with van der Waals surface area (Å²) >= 11 is 0. The fraction of sp³-hybridized carbons (Fsp3) is 0.385. The third-order valence-electron chi connectivity index (χ3n) is 3.59. The van der Waals surface area contributed by atoms with Crippen molar-refractivity contribution < 1.29 is 13.2 Å². The lowest BCUT2D eigenvalue weighted by Crippen LogP contribution is -2.15.